The maximum atomic E-state index is 9.75. The molecule has 0 saturated carbocycles. The summed E-state index contributed by atoms with van der Waals surface area (Å²) in [6.45, 7) is 19.8. The summed E-state index contributed by atoms with van der Waals surface area (Å²) < 4.78 is 108. The molecule has 0 aliphatic heterocycles. The van der Waals surface area contributed by atoms with Crippen molar-refractivity contribution in [2.75, 3.05) is 12.4 Å². The van der Waals surface area contributed by atoms with Gasteiger partial charge in [0.25, 0.3) is 0 Å². The summed E-state index contributed by atoms with van der Waals surface area (Å²) in [7, 11) is -9.89. The molecule has 4 aromatic rings. The van der Waals surface area contributed by atoms with Crippen LogP contribution in [0.2, 0.25) is 0 Å². The quantitative estimate of drug-likeness (QED) is 0.0659. The summed E-state index contributed by atoms with van der Waals surface area (Å²) >= 11 is 9.53. The van der Waals surface area contributed by atoms with Crippen LogP contribution in [0.5, 0.6) is 0 Å². The standard InChI is InChI=1S/C15H15N.2C5H5.CH2Cl2.4CO.4CH3.2BF4.2Fe.2Sb/c1-16(12-14-8-4-2-5-9-14)13-15-10-6-3-7-11-15;2*1-2-4-5-3-1;2-1-3;4*1-2;;;;;2*2-1(3,4)5;;;;/h2-8,10H,12-13H2,1H3;2*1-5H;1H2;;;;;4*1H3;;;;;;/q-2;2*-1;;;;;;6*-1;+2;+3;;+3. The molecule has 0 aliphatic carbocycles. The number of nitrogens with zero attached hydrogens (tertiary/aromatic N) is 1. The fourth-order valence-corrected chi connectivity index (χ4v) is 2.34. The van der Waals surface area contributed by atoms with Crippen LogP contribution in [0.25, 0.3) is 0 Å². The van der Waals surface area contributed by atoms with Gasteiger partial charge in [-0.05, 0) is 7.05 Å². The summed E-state index contributed by atoms with van der Waals surface area (Å²) in [6, 6.07) is 42.7. The van der Waals surface area contributed by atoms with E-state index in [1.807, 2.05) is 97.1 Å². The van der Waals surface area contributed by atoms with Gasteiger partial charge in [-0.3, -0.25) is 0 Å². The van der Waals surface area contributed by atoms with Crippen molar-refractivity contribution in [1.82, 2.24) is 4.90 Å². The molecule has 4 aromatic carbocycles. The van der Waals surface area contributed by atoms with E-state index in [9.17, 15) is 34.5 Å². The minimum Gasteiger partial charge on any atom is -0.358 e. The molecule has 55 heavy (non-hydrogen) atoms. The molecule has 0 aromatic heterocycles. The number of alkyl halides is 2. The molecule has 5 nitrogen and oxygen atoms in total. The van der Waals surface area contributed by atoms with Crippen molar-refractivity contribution in [3.63, 3.8) is 0 Å². The number of hydrogen-bond donors (Lipinski definition) is 0. The van der Waals surface area contributed by atoms with Crippen molar-refractivity contribution in [3.8, 4) is 0 Å². The van der Waals surface area contributed by atoms with E-state index in [4.69, 9.17) is 41.8 Å². The van der Waals surface area contributed by atoms with Gasteiger partial charge in [0.05, 0.1) is 5.34 Å². The molecule has 0 unspecified atom stereocenters. The van der Waals surface area contributed by atoms with Crippen molar-refractivity contribution in [1.29, 1.82) is 0 Å². The zero-order chi connectivity index (χ0) is 38.0. The van der Waals surface area contributed by atoms with Crippen LogP contribution in [0.15, 0.2) is 109 Å². The van der Waals surface area contributed by atoms with Crippen LogP contribution in [-0.2, 0) is 65.8 Å². The van der Waals surface area contributed by atoms with Gasteiger partial charge in [-0.1, -0.05) is 0 Å². The van der Waals surface area contributed by atoms with E-state index in [0.717, 1.165) is 13.1 Å². The van der Waals surface area contributed by atoms with Crippen molar-refractivity contribution in [2.45, 2.75) is 13.1 Å². The molecule has 0 fully saturated rings. The molecule has 308 valence electrons. The molecule has 0 amide bonds. The fourth-order valence-electron chi connectivity index (χ4n) is 2.34. The third-order valence-electron chi connectivity index (χ3n) is 3.54. The smallest absolute Gasteiger partial charge is 0.358 e. The average molecular weight is 1130 g/mol. The van der Waals surface area contributed by atoms with Gasteiger partial charge in [0.15, 0.2) is 0 Å². The average Bonchev–Trinajstić information content (AvgIpc) is 3.82. The number of hydrogen-bond acceptors (Lipinski definition) is 1. The van der Waals surface area contributed by atoms with E-state index in [-0.39, 0.29) is 118 Å². The van der Waals surface area contributed by atoms with Crippen molar-refractivity contribution >= 4 is 86.6 Å². The van der Waals surface area contributed by atoms with Gasteiger partial charge in [-0.15, -0.1) is 34.3 Å². The topological polar surface area (TPSA) is 82.8 Å². The summed E-state index contributed by atoms with van der Waals surface area (Å²) in [5.74, 6) is 0. The number of benzene rings is 2. The first kappa shape index (κ1) is 94.7. The Morgan fingerprint density at radius 2 is 0.782 bits per heavy atom. The van der Waals surface area contributed by atoms with Crippen LogP contribution in [0.4, 0.5) is 34.5 Å². The van der Waals surface area contributed by atoms with E-state index < -0.39 is 14.5 Å². The van der Waals surface area contributed by atoms with Gasteiger partial charge in [-0.25, -0.2) is 24.3 Å². The predicted octanol–water partition coefficient (Wildman–Crippen LogP) is 10.6. The Balaban J connectivity index is -0.0000000311. The SMILES string of the molecule is CN(Cc1[c-]cccc1)Cc1[c-]cccc1.ClCCl.F[B-](F)(F)F.F[B-](F)(F)F.[C-]#[O+].[C-]#[O+].[C-]#[O+].[C-]#[O+].[CH3-].[CH3-].[CH3-].[CH3-].[Fe+2].[Fe+3].[Sb+3].[Sb].c1cc[cH-]c1.c1cc[cH-]c1. The van der Waals surface area contributed by atoms with Crippen LogP contribution >= 0.6 is 23.2 Å². The van der Waals surface area contributed by atoms with Gasteiger partial charge in [0, 0.05) is 37.5 Å². The minimum atomic E-state index is -6.00. The molecule has 6 radical (unpaired) electrons. The molecule has 0 N–H and O–H groups in total. The molecule has 0 aliphatic rings. The first-order chi connectivity index (χ1) is 22.3. The Labute approximate surface area is 389 Å². The van der Waals surface area contributed by atoms with Gasteiger partial charge < -0.3 is 69.1 Å². The van der Waals surface area contributed by atoms with Crippen molar-refractivity contribution in [3.05, 3.63) is 189 Å². The van der Waals surface area contributed by atoms with Gasteiger partial charge in [-0.2, -0.15) is 97.1 Å². The van der Waals surface area contributed by atoms with E-state index in [1.54, 1.807) is 0 Å². The van der Waals surface area contributed by atoms with Crippen LogP contribution < -0.4 is 0 Å². The third kappa shape index (κ3) is 127. The van der Waals surface area contributed by atoms with Gasteiger partial charge in [0.2, 0.25) is 0 Å². The predicted molar refractivity (Wildman–Crippen MR) is 200 cm³/mol. The number of rotatable bonds is 4. The maximum Gasteiger partial charge on any atom is 3.00 e. The first-order valence-corrected chi connectivity index (χ1v) is 12.9. The molecule has 0 spiro atoms. The maximum absolute atomic E-state index is 9.75. The largest absolute Gasteiger partial charge is 3.00 e. The van der Waals surface area contributed by atoms with E-state index in [2.05, 4.69) is 62.8 Å². The van der Waals surface area contributed by atoms with Crippen LogP contribution in [0, 0.1) is 68.4 Å². The minimum absolute atomic E-state index is 0. The summed E-state index contributed by atoms with van der Waals surface area (Å²) in [4.78, 5) is 2.26. The Morgan fingerprint density at radius 3 is 0.909 bits per heavy atom. The molecule has 0 bridgehead atoms. The molecular weight excluding hydrogens is 1090 g/mol. The van der Waals surface area contributed by atoms with Crippen LogP contribution in [0.3, 0.4) is 0 Å². The van der Waals surface area contributed by atoms with Crippen molar-refractivity contribution < 1.29 is 87.3 Å². The van der Waals surface area contributed by atoms with E-state index in [1.165, 1.54) is 11.1 Å². The summed E-state index contributed by atoms with van der Waals surface area (Å²) in [5, 5.41) is 0.194. The third-order valence-corrected chi connectivity index (χ3v) is 3.54. The first-order valence-electron chi connectivity index (χ1n) is 11.9. The second-order valence-corrected chi connectivity index (χ2v) is 7.77. The Hall–Kier alpha value is -1.11. The van der Waals surface area contributed by atoms with Gasteiger partial charge >= 0.3 is 118 Å². The van der Waals surface area contributed by atoms with E-state index >= 15 is 0 Å². The Morgan fingerprint density at radius 1 is 0.582 bits per heavy atom. The molecule has 0 atom stereocenters. The fraction of sp³-hybridized carbons (Fsp3) is 0.118. The second kappa shape index (κ2) is 77.4. The Bertz CT molecular complexity index is 1040. The molecule has 0 saturated heterocycles. The van der Waals surface area contributed by atoms with Crippen LogP contribution in [-0.4, -0.2) is 80.7 Å². The molecule has 4 rings (SSSR count). The molecule has 21 heteroatoms. The summed E-state index contributed by atoms with van der Waals surface area (Å²) in [5.41, 5.74) is 2.45. The zero-order valence-electron chi connectivity index (χ0n) is 30.1. The summed E-state index contributed by atoms with van der Waals surface area (Å²) in [6.07, 6.45) is 0. The Kier molecular flexibility index (Phi) is 133. The number of halogens is 10. The zero-order valence-corrected chi connectivity index (χ0v) is 39.0. The monoisotopic (exact) mass is 1120 g/mol. The molecular formula is C34H39B2Cl2F8Fe2NO4Sb2-2. The van der Waals surface area contributed by atoms with Crippen LogP contribution in [0.1, 0.15) is 11.1 Å². The van der Waals surface area contributed by atoms with E-state index in [0.29, 0.717) is 0 Å². The molecule has 0 heterocycles. The normalized spacial score (nSPS) is 7.20. The van der Waals surface area contributed by atoms with Gasteiger partial charge in [0.1, 0.15) is 0 Å². The second-order valence-electron chi connectivity index (χ2n) is 6.96. The van der Waals surface area contributed by atoms with Crippen molar-refractivity contribution in [2.24, 2.45) is 0 Å².